The molecule has 3 aliphatic heterocycles. The van der Waals surface area contributed by atoms with Crippen molar-refractivity contribution in [2.75, 3.05) is 45.8 Å². The molecule has 0 saturated carbocycles. The lowest BCUT2D eigenvalue weighted by Gasteiger charge is -2.43. The van der Waals surface area contributed by atoms with Gasteiger partial charge in [-0.25, -0.2) is 0 Å². The number of hydrogen-bond acceptors (Lipinski definition) is 3. The van der Waals surface area contributed by atoms with Crippen molar-refractivity contribution in [1.29, 1.82) is 0 Å². The van der Waals surface area contributed by atoms with Crippen LogP contribution in [0.2, 0.25) is 0 Å². The summed E-state index contributed by atoms with van der Waals surface area (Å²) in [7, 11) is 0. The zero-order chi connectivity index (χ0) is 17.8. The molecule has 0 aromatic rings. The fourth-order valence-corrected chi connectivity index (χ4v) is 5.28. The summed E-state index contributed by atoms with van der Waals surface area (Å²) in [5, 5.41) is 0. The van der Waals surface area contributed by atoms with E-state index in [-0.39, 0.29) is 5.91 Å². The molecule has 0 N–H and O–H groups in total. The van der Waals surface area contributed by atoms with Gasteiger partial charge in [0.2, 0.25) is 5.91 Å². The third-order valence-electron chi connectivity index (χ3n) is 7.07. The largest absolute Gasteiger partial charge is 0.343 e. The first-order valence-corrected chi connectivity index (χ1v) is 10.7. The van der Waals surface area contributed by atoms with Crippen LogP contribution in [0.15, 0.2) is 0 Å². The first kappa shape index (κ1) is 19.2. The number of carbonyl (C=O) groups is 1. The fourth-order valence-electron chi connectivity index (χ4n) is 5.28. The maximum Gasteiger partial charge on any atom is 0.219 e. The molecule has 0 aliphatic carbocycles. The third-order valence-corrected chi connectivity index (χ3v) is 7.07. The number of carbonyl (C=O) groups excluding carboxylic acids is 1. The monoisotopic (exact) mass is 349 g/mol. The maximum atomic E-state index is 11.6. The summed E-state index contributed by atoms with van der Waals surface area (Å²) in [6.07, 6.45) is 7.98. The van der Waals surface area contributed by atoms with Gasteiger partial charge in [0.1, 0.15) is 0 Å². The molecule has 3 aliphatic rings. The lowest BCUT2D eigenvalue weighted by Crippen LogP contribution is -2.50. The average molecular weight is 350 g/mol. The molecule has 0 aromatic heterocycles. The fraction of sp³-hybridized carbons (Fsp3) is 0.952. The van der Waals surface area contributed by atoms with E-state index in [1.807, 2.05) is 0 Å². The van der Waals surface area contributed by atoms with Crippen LogP contribution in [-0.4, -0.2) is 72.5 Å². The molecule has 3 rings (SSSR count). The summed E-state index contributed by atoms with van der Waals surface area (Å²) in [6, 6.07) is 0.824. The molecule has 0 unspecified atom stereocenters. The molecule has 3 fully saturated rings. The van der Waals surface area contributed by atoms with Crippen LogP contribution >= 0.6 is 0 Å². The number of nitrogens with zero attached hydrogens (tertiary/aromatic N) is 3. The Balaban J connectivity index is 1.38. The molecular formula is C21H39N3O. The molecule has 0 radical (unpaired) electrons. The second-order valence-corrected chi connectivity index (χ2v) is 9.12. The highest BCUT2D eigenvalue weighted by Crippen LogP contribution is 2.28. The van der Waals surface area contributed by atoms with E-state index in [0.29, 0.717) is 5.92 Å². The summed E-state index contributed by atoms with van der Waals surface area (Å²) in [5.74, 6) is 2.75. The van der Waals surface area contributed by atoms with Gasteiger partial charge in [0.25, 0.3) is 0 Å². The highest BCUT2D eigenvalue weighted by Gasteiger charge is 2.30. The van der Waals surface area contributed by atoms with E-state index in [4.69, 9.17) is 0 Å². The van der Waals surface area contributed by atoms with Crippen molar-refractivity contribution in [2.45, 2.75) is 65.3 Å². The van der Waals surface area contributed by atoms with E-state index in [2.05, 4.69) is 28.5 Å². The number of piperidine rings is 3. The number of rotatable bonds is 4. The molecule has 4 heteroatoms. The molecule has 0 bridgehead atoms. The Hall–Kier alpha value is -0.610. The van der Waals surface area contributed by atoms with Crippen LogP contribution < -0.4 is 0 Å². The zero-order valence-electron chi connectivity index (χ0n) is 16.8. The predicted molar refractivity (Wildman–Crippen MR) is 104 cm³/mol. The molecule has 3 saturated heterocycles. The number of hydrogen-bond donors (Lipinski definition) is 0. The van der Waals surface area contributed by atoms with E-state index in [0.717, 1.165) is 31.0 Å². The minimum atomic E-state index is 0.258. The second kappa shape index (κ2) is 8.85. The van der Waals surface area contributed by atoms with Gasteiger partial charge in [0.05, 0.1) is 0 Å². The second-order valence-electron chi connectivity index (χ2n) is 9.12. The van der Waals surface area contributed by atoms with E-state index < -0.39 is 0 Å². The average Bonchev–Trinajstić information content (AvgIpc) is 2.63. The van der Waals surface area contributed by atoms with Gasteiger partial charge in [0, 0.05) is 32.6 Å². The van der Waals surface area contributed by atoms with Gasteiger partial charge in [-0.15, -0.1) is 0 Å². The first-order valence-electron chi connectivity index (χ1n) is 10.7. The van der Waals surface area contributed by atoms with Crippen molar-refractivity contribution >= 4 is 5.91 Å². The summed E-state index contributed by atoms with van der Waals surface area (Å²) < 4.78 is 0. The standard InChI is InChI=1S/C21H39N3O/c1-17(2)20-6-13-23(14-7-20)21-8-11-22(12-9-21)15-19-5-4-10-24(16-19)18(3)25/h17,19-21H,4-16H2,1-3H3/t19-/m1/s1. The molecular weight excluding hydrogens is 310 g/mol. The van der Waals surface area contributed by atoms with Crippen LogP contribution in [0.5, 0.6) is 0 Å². The summed E-state index contributed by atoms with van der Waals surface area (Å²) in [5.41, 5.74) is 0. The Morgan fingerprint density at radius 2 is 1.64 bits per heavy atom. The summed E-state index contributed by atoms with van der Waals surface area (Å²) in [4.78, 5) is 19.1. The van der Waals surface area contributed by atoms with Crippen molar-refractivity contribution in [3.8, 4) is 0 Å². The summed E-state index contributed by atoms with van der Waals surface area (Å²) in [6.45, 7) is 14.8. The van der Waals surface area contributed by atoms with Gasteiger partial charge >= 0.3 is 0 Å². The molecule has 3 heterocycles. The summed E-state index contributed by atoms with van der Waals surface area (Å²) >= 11 is 0. The van der Waals surface area contributed by atoms with E-state index in [9.17, 15) is 4.79 Å². The normalized spacial score (nSPS) is 28.6. The SMILES string of the molecule is CC(=O)N1CCC[C@H](CN2CCC(N3CCC(C(C)C)CC3)CC2)C1. The minimum absolute atomic E-state index is 0.258. The van der Waals surface area contributed by atoms with Crippen molar-refractivity contribution in [3.63, 3.8) is 0 Å². The minimum Gasteiger partial charge on any atom is -0.343 e. The molecule has 25 heavy (non-hydrogen) atoms. The topological polar surface area (TPSA) is 26.8 Å². The Bertz CT molecular complexity index is 423. The Morgan fingerprint density at radius 1 is 0.960 bits per heavy atom. The molecule has 0 spiro atoms. The first-order chi connectivity index (χ1) is 12.0. The molecule has 1 atom stereocenters. The predicted octanol–water partition coefficient (Wildman–Crippen LogP) is 3.08. The van der Waals surface area contributed by atoms with E-state index in [1.54, 1.807) is 6.92 Å². The van der Waals surface area contributed by atoms with Crippen LogP contribution in [0.3, 0.4) is 0 Å². The molecule has 4 nitrogen and oxygen atoms in total. The Labute approximate surface area is 154 Å². The van der Waals surface area contributed by atoms with Gasteiger partial charge < -0.3 is 14.7 Å². The highest BCUT2D eigenvalue weighted by atomic mass is 16.2. The quantitative estimate of drug-likeness (QED) is 0.780. The smallest absolute Gasteiger partial charge is 0.219 e. The van der Waals surface area contributed by atoms with Gasteiger partial charge in [-0.1, -0.05) is 13.8 Å². The van der Waals surface area contributed by atoms with Crippen molar-refractivity contribution in [2.24, 2.45) is 17.8 Å². The van der Waals surface area contributed by atoms with Crippen LogP contribution in [-0.2, 0) is 4.79 Å². The lowest BCUT2D eigenvalue weighted by atomic mass is 9.85. The van der Waals surface area contributed by atoms with Crippen molar-refractivity contribution in [3.05, 3.63) is 0 Å². The molecule has 0 aromatic carbocycles. The van der Waals surface area contributed by atoms with Crippen LogP contribution in [0, 0.1) is 17.8 Å². The number of likely N-dealkylation sites (tertiary alicyclic amines) is 3. The van der Waals surface area contributed by atoms with Gasteiger partial charge in [-0.2, -0.15) is 0 Å². The van der Waals surface area contributed by atoms with Crippen LogP contribution in [0.4, 0.5) is 0 Å². The number of amides is 1. The molecule has 1 amide bonds. The van der Waals surface area contributed by atoms with Crippen molar-refractivity contribution in [1.82, 2.24) is 14.7 Å². The third kappa shape index (κ3) is 5.19. The van der Waals surface area contributed by atoms with E-state index >= 15 is 0 Å². The lowest BCUT2D eigenvalue weighted by molar-refractivity contribution is -0.130. The highest BCUT2D eigenvalue weighted by molar-refractivity contribution is 5.73. The Kier molecular flexibility index (Phi) is 6.79. The molecule has 144 valence electrons. The Morgan fingerprint density at radius 3 is 2.24 bits per heavy atom. The zero-order valence-corrected chi connectivity index (χ0v) is 16.8. The van der Waals surface area contributed by atoms with Crippen LogP contribution in [0.25, 0.3) is 0 Å². The maximum absolute atomic E-state index is 11.6. The van der Waals surface area contributed by atoms with Gasteiger partial charge in [-0.3, -0.25) is 4.79 Å². The van der Waals surface area contributed by atoms with Gasteiger partial charge in [-0.05, 0) is 82.5 Å². The van der Waals surface area contributed by atoms with Gasteiger partial charge in [0.15, 0.2) is 0 Å². The van der Waals surface area contributed by atoms with E-state index in [1.165, 1.54) is 71.2 Å². The van der Waals surface area contributed by atoms with Crippen molar-refractivity contribution < 1.29 is 4.79 Å². The van der Waals surface area contributed by atoms with Crippen LogP contribution in [0.1, 0.15) is 59.3 Å².